The number of hydrogen-bond acceptors (Lipinski definition) is 14. The summed E-state index contributed by atoms with van der Waals surface area (Å²) in [6.07, 6.45) is 42.7. The van der Waals surface area contributed by atoms with Gasteiger partial charge in [-0.2, -0.15) is 0 Å². The van der Waals surface area contributed by atoms with Crippen LogP contribution in [0.2, 0.25) is 0 Å². The third-order valence-corrected chi connectivity index (χ3v) is 14.0. The van der Waals surface area contributed by atoms with Gasteiger partial charge in [-0.15, -0.1) is 0 Å². The average Bonchev–Trinajstić information content (AvgIpc) is 3.41. The van der Waals surface area contributed by atoms with Crippen molar-refractivity contribution < 1.29 is 69.0 Å². The van der Waals surface area contributed by atoms with Crippen LogP contribution in [-0.4, -0.2) is 142 Å². The van der Waals surface area contributed by atoms with Crippen molar-refractivity contribution in [2.24, 2.45) is 0 Å². The highest BCUT2D eigenvalue weighted by molar-refractivity contribution is 5.69. The molecule has 2 saturated heterocycles. The molecule has 2 heterocycles. The molecule has 436 valence electrons. The molecule has 14 heteroatoms. The zero-order chi connectivity index (χ0) is 54.4. The van der Waals surface area contributed by atoms with Crippen LogP contribution in [0.3, 0.4) is 0 Å². The van der Waals surface area contributed by atoms with Crippen LogP contribution in [0.4, 0.5) is 0 Å². The zero-order valence-corrected chi connectivity index (χ0v) is 46.8. The maximum Gasteiger partial charge on any atom is 0.306 e. The predicted octanol–water partition coefficient (Wildman–Crippen LogP) is 10.9. The Kier molecular flexibility index (Phi) is 43.7. The molecule has 0 spiro atoms. The summed E-state index contributed by atoms with van der Waals surface area (Å²) in [7, 11) is 0. The van der Waals surface area contributed by atoms with Crippen molar-refractivity contribution in [1.82, 2.24) is 0 Å². The molecule has 0 aliphatic carbocycles. The molecule has 2 aliphatic rings. The summed E-state index contributed by atoms with van der Waals surface area (Å²) in [6, 6.07) is 0. The minimum absolute atomic E-state index is 0.0523. The topological polar surface area (TPSA) is 214 Å². The Labute approximate surface area is 454 Å². The van der Waals surface area contributed by atoms with E-state index in [0.717, 1.165) is 77.0 Å². The number of aliphatic hydroxyl groups excluding tert-OH is 7. The van der Waals surface area contributed by atoms with Crippen LogP contribution in [0.5, 0.6) is 0 Å². The molecule has 75 heavy (non-hydrogen) atoms. The molecule has 2 rings (SSSR count). The monoisotopic (exact) mass is 1060 g/mol. The standard InChI is InChI=1S/C61H108O14/c1-3-5-7-9-11-13-15-17-19-21-23-24-25-27-29-31-33-35-37-39-41-43-45-70-47-50(73-53(63)44-42-40-38-36-34-32-30-28-26-22-20-18-16-14-12-10-8-6-4-2)48-71-60-59(69)57(67)55(65)52(75-60)49-72-61-58(68)56(66)54(64)51(46-62)74-61/h12,14-15,17-18,20-21,23,26,28,50-52,54-62,64-69H,3-11,13,16,19,22,24-25,27,29-49H2,1-2H3/b14-12-,17-15-,20-18-,23-21-,28-26-. The van der Waals surface area contributed by atoms with Crippen molar-refractivity contribution in [3.8, 4) is 0 Å². The Morgan fingerprint density at radius 2 is 0.827 bits per heavy atom. The molecule has 2 fully saturated rings. The normalized spacial score (nSPS) is 25.0. The largest absolute Gasteiger partial charge is 0.457 e. The van der Waals surface area contributed by atoms with Gasteiger partial charge in [-0.25, -0.2) is 0 Å². The molecule has 14 nitrogen and oxygen atoms in total. The third-order valence-electron chi connectivity index (χ3n) is 14.0. The first-order valence-corrected chi connectivity index (χ1v) is 29.9. The number of hydrogen-bond donors (Lipinski definition) is 7. The Hall–Kier alpha value is -2.31. The highest BCUT2D eigenvalue weighted by Crippen LogP contribution is 2.27. The van der Waals surface area contributed by atoms with Crippen LogP contribution < -0.4 is 0 Å². The summed E-state index contributed by atoms with van der Waals surface area (Å²) in [5.41, 5.74) is 0. The van der Waals surface area contributed by atoms with E-state index in [2.05, 4.69) is 74.6 Å². The lowest BCUT2D eigenvalue weighted by Gasteiger charge is -2.42. The van der Waals surface area contributed by atoms with Crippen molar-refractivity contribution in [1.29, 1.82) is 0 Å². The number of carbonyl (C=O) groups is 1. The van der Waals surface area contributed by atoms with Gasteiger partial charge in [-0.05, 0) is 83.5 Å². The lowest BCUT2D eigenvalue weighted by Crippen LogP contribution is -2.61. The summed E-state index contributed by atoms with van der Waals surface area (Å²) in [6.45, 7) is 3.64. The molecule has 0 amide bonds. The Morgan fingerprint density at radius 3 is 1.32 bits per heavy atom. The Bertz CT molecular complexity index is 1470. The number of aliphatic hydroxyl groups is 7. The van der Waals surface area contributed by atoms with Gasteiger partial charge in [-0.1, -0.05) is 190 Å². The number of allylic oxidation sites excluding steroid dienone is 10. The molecule has 0 bridgehead atoms. The summed E-state index contributed by atoms with van der Waals surface area (Å²) in [4.78, 5) is 13.1. The maximum absolute atomic E-state index is 13.1. The van der Waals surface area contributed by atoms with Crippen LogP contribution in [-0.2, 0) is 33.2 Å². The third kappa shape index (κ3) is 34.3. The van der Waals surface area contributed by atoms with Crippen molar-refractivity contribution in [2.75, 3.05) is 33.0 Å². The molecular weight excluding hydrogens is 957 g/mol. The van der Waals surface area contributed by atoms with Crippen LogP contribution >= 0.6 is 0 Å². The number of carbonyl (C=O) groups excluding carboxylic acids is 1. The summed E-state index contributed by atoms with van der Waals surface area (Å²) in [5.74, 6) is -0.389. The first-order valence-electron chi connectivity index (χ1n) is 29.9. The molecule has 0 aromatic heterocycles. The van der Waals surface area contributed by atoms with E-state index in [9.17, 15) is 40.5 Å². The molecule has 0 radical (unpaired) electrons. The molecule has 2 aliphatic heterocycles. The molecule has 0 saturated carbocycles. The van der Waals surface area contributed by atoms with Crippen molar-refractivity contribution in [2.45, 2.75) is 287 Å². The van der Waals surface area contributed by atoms with E-state index in [4.69, 9.17) is 28.4 Å². The lowest BCUT2D eigenvalue weighted by atomic mass is 9.98. The SMILES string of the molecule is CCCCC/C=C\C/C=C\C/C=C\CCCCCCCCC(=O)OC(COCCCCCCCCCCCC/C=C\C/C=C\CCCCCCC)COC1OC(COC2OC(CO)C(O)C(O)C2O)C(O)C(O)C1O. The minimum atomic E-state index is -1.71. The predicted molar refractivity (Wildman–Crippen MR) is 298 cm³/mol. The van der Waals surface area contributed by atoms with E-state index in [1.165, 1.54) is 116 Å². The second kappa shape index (κ2) is 47.7. The average molecular weight is 1070 g/mol. The summed E-state index contributed by atoms with van der Waals surface area (Å²) < 4.78 is 34.4. The van der Waals surface area contributed by atoms with Gasteiger partial charge in [0.25, 0.3) is 0 Å². The van der Waals surface area contributed by atoms with Gasteiger partial charge in [0.1, 0.15) is 54.9 Å². The molecular formula is C61H108O14. The van der Waals surface area contributed by atoms with Crippen molar-refractivity contribution >= 4 is 5.97 Å². The van der Waals surface area contributed by atoms with Gasteiger partial charge in [0.2, 0.25) is 0 Å². The highest BCUT2D eigenvalue weighted by Gasteiger charge is 2.47. The van der Waals surface area contributed by atoms with Crippen LogP contribution in [0.1, 0.15) is 219 Å². The van der Waals surface area contributed by atoms with E-state index in [1.807, 2.05) is 0 Å². The fourth-order valence-corrected chi connectivity index (χ4v) is 9.15. The second-order valence-corrected chi connectivity index (χ2v) is 20.8. The first-order chi connectivity index (χ1) is 36.6. The highest BCUT2D eigenvalue weighted by atomic mass is 16.7. The molecule has 11 unspecified atom stereocenters. The number of unbranched alkanes of at least 4 members (excludes halogenated alkanes) is 24. The van der Waals surface area contributed by atoms with Crippen LogP contribution in [0.15, 0.2) is 60.8 Å². The van der Waals surface area contributed by atoms with Gasteiger partial charge in [0, 0.05) is 13.0 Å². The number of rotatable bonds is 48. The minimum Gasteiger partial charge on any atom is -0.457 e. The van der Waals surface area contributed by atoms with E-state index in [-0.39, 0.29) is 25.6 Å². The molecule has 0 aromatic rings. The zero-order valence-electron chi connectivity index (χ0n) is 46.8. The van der Waals surface area contributed by atoms with E-state index >= 15 is 0 Å². The second-order valence-electron chi connectivity index (χ2n) is 20.8. The van der Waals surface area contributed by atoms with Gasteiger partial charge in [-0.3, -0.25) is 4.79 Å². The van der Waals surface area contributed by atoms with Gasteiger partial charge >= 0.3 is 5.97 Å². The summed E-state index contributed by atoms with van der Waals surface area (Å²) in [5, 5.41) is 72.4. The van der Waals surface area contributed by atoms with Crippen LogP contribution in [0.25, 0.3) is 0 Å². The first kappa shape index (κ1) is 68.8. The lowest BCUT2D eigenvalue weighted by molar-refractivity contribution is -0.332. The fraction of sp³-hybridized carbons (Fsp3) is 0.820. The van der Waals surface area contributed by atoms with Crippen molar-refractivity contribution in [3.63, 3.8) is 0 Å². The van der Waals surface area contributed by atoms with Crippen molar-refractivity contribution in [3.05, 3.63) is 60.8 Å². The van der Waals surface area contributed by atoms with E-state index < -0.39 is 80.7 Å². The molecule has 11 atom stereocenters. The fourth-order valence-electron chi connectivity index (χ4n) is 9.15. The maximum atomic E-state index is 13.1. The van der Waals surface area contributed by atoms with Gasteiger partial charge in [0.05, 0.1) is 26.4 Å². The van der Waals surface area contributed by atoms with Gasteiger partial charge in [0.15, 0.2) is 12.6 Å². The summed E-state index contributed by atoms with van der Waals surface area (Å²) >= 11 is 0. The van der Waals surface area contributed by atoms with E-state index in [1.54, 1.807) is 0 Å². The smallest absolute Gasteiger partial charge is 0.306 e. The van der Waals surface area contributed by atoms with Gasteiger partial charge < -0.3 is 64.2 Å². The molecule has 7 N–H and O–H groups in total. The quantitative estimate of drug-likeness (QED) is 0.0172. The number of esters is 1. The Morgan fingerprint density at radius 1 is 0.440 bits per heavy atom. The van der Waals surface area contributed by atoms with E-state index in [0.29, 0.717) is 13.0 Å². The molecule has 0 aromatic carbocycles. The number of ether oxygens (including phenoxy) is 6. The Balaban J connectivity index is 1.72. The van der Waals surface area contributed by atoms with Crippen LogP contribution in [0, 0.1) is 0 Å².